The van der Waals surface area contributed by atoms with Crippen LogP contribution in [-0.2, 0) is 0 Å². The Labute approximate surface area is 164 Å². The minimum atomic E-state index is -0.149. The van der Waals surface area contributed by atoms with Crippen molar-refractivity contribution in [3.8, 4) is 0 Å². The Kier molecular flexibility index (Phi) is 5.72. The molecule has 3 nitrogen and oxygen atoms in total. The SMILES string of the molecule is CC(=Nc1ccc(C)cc1)N(C(=O)c1ccc(Cl)cc1)c1ccc(C)cc1. The third-order valence-electron chi connectivity index (χ3n) is 4.23. The third-order valence-corrected chi connectivity index (χ3v) is 4.49. The topological polar surface area (TPSA) is 32.7 Å². The van der Waals surface area contributed by atoms with Gasteiger partial charge < -0.3 is 0 Å². The number of anilines is 1. The second-order valence-electron chi connectivity index (χ2n) is 6.48. The molecule has 0 aliphatic heterocycles. The van der Waals surface area contributed by atoms with E-state index >= 15 is 0 Å². The van der Waals surface area contributed by atoms with Crippen LogP contribution in [0.3, 0.4) is 0 Å². The molecule has 0 heterocycles. The average Bonchev–Trinajstić information content (AvgIpc) is 2.66. The number of carbonyl (C=O) groups excluding carboxylic acids is 1. The summed E-state index contributed by atoms with van der Waals surface area (Å²) in [7, 11) is 0. The quantitative estimate of drug-likeness (QED) is 0.387. The van der Waals surface area contributed by atoms with Crippen LogP contribution in [0.5, 0.6) is 0 Å². The molecular weight excluding hydrogens is 356 g/mol. The normalized spacial score (nSPS) is 11.3. The van der Waals surface area contributed by atoms with Crippen molar-refractivity contribution in [1.82, 2.24) is 0 Å². The van der Waals surface area contributed by atoms with Crippen molar-refractivity contribution in [3.63, 3.8) is 0 Å². The summed E-state index contributed by atoms with van der Waals surface area (Å²) in [5, 5.41) is 0.596. The number of amidine groups is 1. The number of hydrogen-bond acceptors (Lipinski definition) is 2. The zero-order chi connectivity index (χ0) is 19.4. The van der Waals surface area contributed by atoms with E-state index in [0.717, 1.165) is 16.9 Å². The molecule has 3 rings (SSSR count). The summed E-state index contributed by atoms with van der Waals surface area (Å²) in [4.78, 5) is 19.5. The number of nitrogens with zero attached hydrogens (tertiary/aromatic N) is 2. The maximum atomic E-state index is 13.2. The molecule has 3 aromatic rings. The van der Waals surface area contributed by atoms with E-state index in [9.17, 15) is 4.79 Å². The molecule has 1 amide bonds. The summed E-state index contributed by atoms with van der Waals surface area (Å²) < 4.78 is 0. The Morgan fingerprint density at radius 3 is 1.89 bits per heavy atom. The molecule has 3 aromatic carbocycles. The van der Waals surface area contributed by atoms with Crippen LogP contribution in [0.15, 0.2) is 77.8 Å². The number of aryl methyl sites for hydroxylation is 2. The molecule has 0 spiro atoms. The number of benzene rings is 3. The standard InChI is InChI=1S/C23H21ClN2O/c1-16-4-12-21(13-5-16)25-18(3)26(22-14-6-17(2)7-15-22)23(27)19-8-10-20(24)11-9-19/h4-15H,1-3H3. The number of rotatable bonds is 3. The highest BCUT2D eigenvalue weighted by Gasteiger charge is 2.20. The predicted molar refractivity (Wildman–Crippen MR) is 113 cm³/mol. The Morgan fingerprint density at radius 1 is 0.815 bits per heavy atom. The van der Waals surface area contributed by atoms with Gasteiger partial charge >= 0.3 is 0 Å². The number of aliphatic imine (C=N–C) groups is 1. The molecule has 0 unspecified atom stereocenters. The zero-order valence-corrected chi connectivity index (χ0v) is 16.4. The van der Waals surface area contributed by atoms with Gasteiger partial charge in [-0.1, -0.05) is 47.0 Å². The van der Waals surface area contributed by atoms with Crippen molar-refractivity contribution in [3.05, 3.63) is 94.5 Å². The Hall–Kier alpha value is -2.91. The molecular formula is C23H21ClN2O. The van der Waals surface area contributed by atoms with Gasteiger partial charge in [-0.25, -0.2) is 4.99 Å². The van der Waals surface area contributed by atoms with Crippen LogP contribution < -0.4 is 4.90 Å². The van der Waals surface area contributed by atoms with Gasteiger partial charge in [-0.3, -0.25) is 9.69 Å². The van der Waals surface area contributed by atoms with Crippen molar-refractivity contribution < 1.29 is 4.79 Å². The fourth-order valence-electron chi connectivity index (χ4n) is 2.72. The molecule has 0 radical (unpaired) electrons. The van der Waals surface area contributed by atoms with E-state index in [0.29, 0.717) is 16.4 Å². The average molecular weight is 377 g/mol. The Balaban J connectivity index is 2.03. The van der Waals surface area contributed by atoms with Crippen LogP contribution in [0.25, 0.3) is 0 Å². The van der Waals surface area contributed by atoms with E-state index in [1.807, 2.05) is 69.3 Å². The monoisotopic (exact) mass is 376 g/mol. The van der Waals surface area contributed by atoms with E-state index in [2.05, 4.69) is 4.99 Å². The van der Waals surface area contributed by atoms with Gasteiger partial charge in [-0.05, 0) is 69.3 Å². The van der Waals surface area contributed by atoms with Crippen LogP contribution in [0.1, 0.15) is 28.4 Å². The second kappa shape index (κ2) is 8.19. The van der Waals surface area contributed by atoms with E-state index in [4.69, 9.17) is 11.6 Å². The highest BCUT2D eigenvalue weighted by atomic mass is 35.5. The van der Waals surface area contributed by atoms with Gasteiger partial charge in [0.1, 0.15) is 5.84 Å². The van der Waals surface area contributed by atoms with Gasteiger partial charge in [0.15, 0.2) is 0 Å². The lowest BCUT2D eigenvalue weighted by Gasteiger charge is -2.23. The van der Waals surface area contributed by atoms with E-state index in [-0.39, 0.29) is 5.91 Å². The van der Waals surface area contributed by atoms with Crippen molar-refractivity contribution in [2.75, 3.05) is 4.90 Å². The molecule has 0 saturated heterocycles. The predicted octanol–water partition coefficient (Wildman–Crippen LogP) is 6.35. The van der Waals surface area contributed by atoms with Crippen molar-refractivity contribution >= 4 is 34.7 Å². The van der Waals surface area contributed by atoms with E-state index in [1.165, 1.54) is 5.56 Å². The molecule has 0 N–H and O–H groups in total. The van der Waals surface area contributed by atoms with Crippen LogP contribution >= 0.6 is 11.6 Å². The fourth-order valence-corrected chi connectivity index (χ4v) is 2.85. The number of amides is 1. The van der Waals surface area contributed by atoms with Crippen molar-refractivity contribution in [2.45, 2.75) is 20.8 Å². The lowest BCUT2D eigenvalue weighted by Crippen LogP contribution is -2.35. The molecule has 0 atom stereocenters. The summed E-state index contributed by atoms with van der Waals surface area (Å²) in [6.45, 7) is 5.89. The molecule has 0 aromatic heterocycles. The molecule has 0 saturated carbocycles. The Bertz CT molecular complexity index is 959. The minimum absolute atomic E-state index is 0.149. The van der Waals surface area contributed by atoms with Crippen LogP contribution in [-0.4, -0.2) is 11.7 Å². The summed E-state index contributed by atoms with van der Waals surface area (Å²) >= 11 is 5.96. The molecule has 27 heavy (non-hydrogen) atoms. The lowest BCUT2D eigenvalue weighted by atomic mass is 10.1. The summed E-state index contributed by atoms with van der Waals surface area (Å²) in [5.41, 5.74) is 4.43. The van der Waals surface area contributed by atoms with Gasteiger partial charge in [0.05, 0.1) is 11.4 Å². The molecule has 4 heteroatoms. The first kappa shape index (κ1) is 18.9. The van der Waals surface area contributed by atoms with Crippen molar-refractivity contribution in [1.29, 1.82) is 0 Å². The second-order valence-corrected chi connectivity index (χ2v) is 6.91. The first-order chi connectivity index (χ1) is 12.9. The third kappa shape index (κ3) is 4.63. The molecule has 0 aliphatic carbocycles. The highest BCUT2D eigenvalue weighted by Crippen LogP contribution is 2.22. The van der Waals surface area contributed by atoms with Crippen molar-refractivity contribution in [2.24, 2.45) is 4.99 Å². The molecule has 0 bridgehead atoms. The smallest absolute Gasteiger partial charge is 0.263 e. The van der Waals surface area contributed by atoms with Gasteiger partial charge in [0.2, 0.25) is 0 Å². The molecule has 0 aliphatic rings. The minimum Gasteiger partial charge on any atom is -0.268 e. The zero-order valence-electron chi connectivity index (χ0n) is 15.6. The van der Waals surface area contributed by atoms with Gasteiger partial charge in [-0.15, -0.1) is 0 Å². The molecule has 0 fully saturated rings. The summed E-state index contributed by atoms with van der Waals surface area (Å²) in [5.74, 6) is 0.450. The lowest BCUT2D eigenvalue weighted by molar-refractivity contribution is 0.100. The Morgan fingerprint density at radius 2 is 1.33 bits per heavy atom. The van der Waals surface area contributed by atoms with E-state index in [1.54, 1.807) is 29.2 Å². The van der Waals surface area contributed by atoms with Gasteiger partial charge in [0, 0.05) is 10.6 Å². The first-order valence-electron chi connectivity index (χ1n) is 8.73. The van der Waals surface area contributed by atoms with Crippen LogP contribution in [0.2, 0.25) is 5.02 Å². The number of hydrogen-bond donors (Lipinski definition) is 0. The largest absolute Gasteiger partial charge is 0.268 e. The van der Waals surface area contributed by atoms with E-state index < -0.39 is 0 Å². The van der Waals surface area contributed by atoms with Gasteiger partial charge in [0.25, 0.3) is 5.91 Å². The first-order valence-corrected chi connectivity index (χ1v) is 9.10. The number of halogens is 1. The maximum absolute atomic E-state index is 13.2. The summed E-state index contributed by atoms with van der Waals surface area (Å²) in [6.07, 6.45) is 0. The molecule has 136 valence electrons. The number of carbonyl (C=O) groups is 1. The maximum Gasteiger partial charge on any atom is 0.263 e. The van der Waals surface area contributed by atoms with Gasteiger partial charge in [-0.2, -0.15) is 0 Å². The highest BCUT2D eigenvalue weighted by molar-refractivity contribution is 6.31. The summed E-state index contributed by atoms with van der Waals surface area (Å²) in [6, 6.07) is 22.6. The van der Waals surface area contributed by atoms with Crippen LogP contribution in [0, 0.1) is 13.8 Å². The van der Waals surface area contributed by atoms with Crippen LogP contribution in [0.4, 0.5) is 11.4 Å². The fraction of sp³-hybridized carbons (Fsp3) is 0.130.